The van der Waals surface area contributed by atoms with Gasteiger partial charge in [-0.1, -0.05) is 13.8 Å². The quantitative estimate of drug-likeness (QED) is 0.817. The van der Waals surface area contributed by atoms with Crippen molar-refractivity contribution in [2.24, 2.45) is 5.92 Å². The highest BCUT2D eigenvalue weighted by molar-refractivity contribution is 5.27. The van der Waals surface area contributed by atoms with Crippen LogP contribution >= 0.6 is 0 Å². The molecule has 4 nitrogen and oxygen atoms in total. The van der Waals surface area contributed by atoms with Gasteiger partial charge in [-0.05, 0) is 33.6 Å². The van der Waals surface area contributed by atoms with Crippen LogP contribution in [0.4, 0.5) is 0 Å². The lowest BCUT2D eigenvalue weighted by Crippen LogP contribution is -2.38. The molecule has 104 valence electrons. The molecule has 0 aliphatic carbocycles. The van der Waals surface area contributed by atoms with E-state index in [1.807, 2.05) is 4.68 Å². The molecule has 1 heterocycles. The Morgan fingerprint density at radius 3 is 2.28 bits per heavy atom. The van der Waals surface area contributed by atoms with Crippen LogP contribution in [0, 0.1) is 19.8 Å². The van der Waals surface area contributed by atoms with Gasteiger partial charge in [-0.15, -0.1) is 0 Å². The fourth-order valence-electron chi connectivity index (χ4n) is 2.51. The summed E-state index contributed by atoms with van der Waals surface area (Å²) in [7, 11) is 0. The molecular weight excluding hydrogens is 226 g/mol. The summed E-state index contributed by atoms with van der Waals surface area (Å²) in [6, 6.07) is 0.341. The fourth-order valence-corrected chi connectivity index (χ4v) is 2.51. The minimum Gasteiger partial charge on any atom is -0.395 e. The topological polar surface area (TPSA) is 50.1 Å². The number of hydrogen-bond donors (Lipinski definition) is 2. The zero-order valence-corrected chi connectivity index (χ0v) is 12.5. The van der Waals surface area contributed by atoms with Gasteiger partial charge in [0.15, 0.2) is 0 Å². The average molecular weight is 253 g/mol. The van der Waals surface area contributed by atoms with E-state index < -0.39 is 0 Å². The Morgan fingerprint density at radius 2 is 1.89 bits per heavy atom. The number of nitrogens with zero attached hydrogens (tertiary/aromatic N) is 2. The number of aryl methyl sites for hydroxylation is 2. The summed E-state index contributed by atoms with van der Waals surface area (Å²) >= 11 is 0. The first kappa shape index (κ1) is 15.2. The molecule has 18 heavy (non-hydrogen) atoms. The number of aliphatic hydroxyl groups excluding tert-OH is 1. The van der Waals surface area contributed by atoms with E-state index in [9.17, 15) is 5.11 Å². The van der Waals surface area contributed by atoms with Crippen molar-refractivity contribution in [3.8, 4) is 0 Å². The summed E-state index contributed by atoms with van der Waals surface area (Å²) in [4.78, 5) is 0. The predicted octanol–water partition coefficient (Wildman–Crippen LogP) is 2.19. The van der Waals surface area contributed by atoms with Gasteiger partial charge in [0.05, 0.1) is 12.3 Å². The van der Waals surface area contributed by atoms with Crippen LogP contribution in [0.5, 0.6) is 0 Å². The van der Waals surface area contributed by atoms with Gasteiger partial charge in [-0.2, -0.15) is 5.10 Å². The van der Waals surface area contributed by atoms with Crippen LogP contribution in [0.3, 0.4) is 0 Å². The molecule has 1 rings (SSSR count). The smallest absolute Gasteiger partial charge is 0.0644 e. The monoisotopic (exact) mass is 253 g/mol. The van der Waals surface area contributed by atoms with E-state index in [-0.39, 0.29) is 18.7 Å². The third-order valence-corrected chi connectivity index (χ3v) is 3.64. The SMILES string of the molecule is CCn1nc(C)c(C(C)NC(CO)C(C)C)c1C. The van der Waals surface area contributed by atoms with Crippen LogP contribution in [0.2, 0.25) is 0 Å². The molecule has 0 spiro atoms. The summed E-state index contributed by atoms with van der Waals surface area (Å²) in [6.07, 6.45) is 0. The molecule has 2 atom stereocenters. The molecule has 0 amide bonds. The second-order valence-corrected chi connectivity index (χ2v) is 5.32. The number of rotatable bonds is 6. The second kappa shape index (κ2) is 6.34. The van der Waals surface area contributed by atoms with Gasteiger partial charge in [-0.3, -0.25) is 4.68 Å². The fraction of sp³-hybridized carbons (Fsp3) is 0.786. The Morgan fingerprint density at radius 1 is 1.28 bits per heavy atom. The Bertz CT molecular complexity index is 385. The molecule has 0 saturated carbocycles. The van der Waals surface area contributed by atoms with Gasteiger partial charge < -0.3 is 10.4 Å². The predicted molar refractivity (Wildman–Crippen MR) is 74.6 cm³/mol. The number of aromatic nitrogens is 2. The van der Waals surface area contributed by atoms with Crippen molar-refractivity contribution in [1.82, 2.24) is 15.1 Å². The van der Waals surface area contributed by atoms with Gasteiger partial charge >= 0.3 is 0 Å². The molecule has 0 fully saturated rings. The maximum Gasteiger partial charge on any atom is 0.0644 e. The van der Waals surface area contributed by atoms with E-state index in [1.165, 1.54) is 11.3 Å². The molecule has 1 aromatic heterocycles. The van der Waals surface area contributed by atoms with Gasteiger partial charge in [0.2, 0.25) is 0 Å². The third kappa shape index (κ3) is 3.12. The van der Waals surface area contributed by atoms with Crippen LogP contribution in [0.1, 0.15) is 50.7 Å². The van der Waals surface area contributed by atoms with E-state index in [2.05, 4.69) is 52.0 Å². The molecule has 1 aromatic rings. The van der Waals surface area contributed by atoms with Crippen LogP contribution < -0.4 is 5.32 Å². The molecule has 2 unspecified atom stereocenters. The first-order valence-electron chi connectivity index (χ1n) is 6.83. The van der Waals surface area contributed by atoms with Crippen LogP contribution in [-0.2, 0) is 6.54 Å². The average Bonchev–Trinajstić information content (AvgIpc) is 2.60. The maximum atomic E-state index is 9.40. The first-order chi connectivity index (χ1) is 8.42. The Hall–Kier alpha value is -0.870. The largest absolute Gasteiger partial charge is 0.395 e. The van der Waals surface area contributed by atoms with Crippen molar-refractivity contribution in [2.75, 3.05) is 6.61 Å². The highest BCUT2D eigenvalue weighted by Crippen LogP contribution is 2.22. The minimum atomic E-state index is 0.128. The number of hydrogen-bond acceptors (Lipinski definition) is 3. The third-order valence-electron chi connectivity index (χ3n) is 3.64. The number of aliphatic hydroxyl groups is 1. The van der Waals surface area contributed by atoms with Crippen LogP contribution in [0.15, 0.2) is 0 Å². The van der Waals surface area contributed by atoms with E-state index in [0.29, 0.717) is 5.92 Å². The highest BCUT2D eigenvalue weighted by Gasteiger charge is 2.21. The van der Waals surface area contributed by atoms with Crippen molar-refractivity contribution in [2.45, 2.75) is 60.2 Å². The van der Waals surface area contributed by atoms with Crippen LogP contribution in [0.25, 0.3) is 0 Å². The molecule has 0 aliphatic heterocycles. The van der Waals surface area contributed by atoms with Crippen molar-refractivity contribution < 1.29 is 5.11 Å². The summed E-state index contributed by atoms with van der Waals surface area (Å²) in [5.41, 5.74) is 3.56. The van der Waals surface area contributed by atoms with Crippen molar-refractivity contribution >= 4 is 0 Å². The first-order valence-corrected chi connectivity index (χ1v) is 6.83. The Kier molecular flexibility index (Phi) is 5.35. The molecule has 0 saturated heterocycles. The number of nitrogens with one attached hydrogen (secondary N) is 1. The van der Waals surface area contributed by atoms with Gasteiger partial charge in [0.25, 0.3) is 0 Å². The summed E-state index contributed by atoms with van der Waals surface area (Å²) < 4.78 is 2.03. The minimum absolute atomic E-state index is 0.128. The van der Waals surface area contributed by atoms with Crippen molar-refractivity contribution in [1.29, 1.82) is 0 Å². The van der Waals surface area contributed by atoms with Gasteiger partial charge in [0, 0.05) is 29.9 Å². The Balaban J connectivity index is 2.90. The molecular formula is C14H27N3O. The standard InChI is InChI=1S/C14H27N3O/c1-7-17-12(6)14(11(5)16-17)10(4)15-13(8-18)9(2)3/h9-10,13,15,18H,7-8H2,1-6H3. The lowest BCUT2D eigenvalue weighted by atomic mass is 10.0. The van der Waals surface area contributed by atoms with E-state index in [0.717, 1.165) is 12.2 Å². The van der Waals surface area contributed by atoms with Crippen LogP contribution in [-0.4, -0.2) is 27.5 Å². The molecule has 2 N–H and O–H groups in total. The lowest BCUT2D eigenvalue weighted by molar-refractivity contribution is 0.201. The normalized spacial score (nSPS) is 15.1. The molecule has 0 aromatic carbocycles. The zero-order chi connectivity index (χ0) is 13.9. The molecule has 0 bridgehead atoms. The second-order valence-electron chi connectivity index (χ2n) is 5.32. The Labute approximate surface area is 110 Å². The zero-order valence-electron chi connectivity index (χ0n) is 12.5. The van der Waals surface area contributed by atoms with E-state index in [1.54, 1.807) is 0 Å². The lowest BCUT2D eigenvalue weighted by Gasteiger charge is -2.25. The summed E-state index contributed by atoms with van der Waals surface area (Å²) in [6.45, 7) is 13.7. The summed E-state index contributed by atoms with van der Waals surface area (Å²) in [5.74, 6) is 0.416. The molecule has 0 aliphatic rings. The van der Waals surface area contributed by atoms with E-state index >= 15 is 0 Å². The maximum absolute atomic E-state index is 9.40. The van der Waals surface area contributed by atoms with Gasteiger partial charge in [0.1, 0.15) is 0 Å². The van der Waals surface area contributed by atoms with Crippen molar-refractivity contribution in [3.63, 3.8) is 0 Å². The van der Waals surface area contributed by atoms with Crippen molar-refractivity contribution in [3.05, 3.63) is 17.0 Å². The highest BCUT2D eigenvalue weighted by atomic mass is 16.3. The summed E-state index contributed by atoms with van der Waals surface area (Å²) in [5, 5.41) is 17.4. The van der Waals surface area contributed by atoms with E-state index in [4.69, 9.17) is 0 Å². The molecule has 4 heteroatoms. The van der Waals surface area contributed by atoms with Gasteiger partial charge in [-0.25, -0.2) is 0 Å². The molecule has 0 radical (unpaired) electrons.